The van der Waals surface area contributed by atoms with Crippen molar-refractivity contribution in [3.05, 3.63) is 89.7 Å². The maximum Gasteiger partial charge on any atom is 0.250 e. The Balaban J connectivity index is 1.53. The molecule has 0 aliphatic heterocycles. The molecule has 0 fully saturated rings. The number of methoxy groups -OCH3 is 1. The fraction of sp³-hybridized carbons (Fsp3) is 0.154. The molecule has 9 heteroatoms. The molecule has 0 saturated carbocycles. The van der Waals surface area contributed by atoms with Gasteiger partial charge in [-0.1, -0.05) is 53.7 Å². The highest BCUT2D eigenvalue weighted by Crippen LogP contribution is 2.29. The average molecular weight is 490 g/mol. The summed E-state index contributed by atoms with van der Waals surface area (Å²) in [6, 6.07) is 21.5. The van der Waals surface area contributed by atoms with E-state index in [2.05, 4.69) is 20.7 Å². The molecule has 0 aliphatic carbocycles. The van der Waals surface area contributed by atoms with Crippen LogP contribution in [-0.4, -0.2) is 39.2 Å². The predicted octanol–water partition coefficient (Wildman–Crippen LogP) is 5.02. The Morgan fingerprint density at radius 2 is 1.71 bits per heavy atom. The lowest BCUT2D eigenvalue weighted by Gasteiger charge is -2.11. The summed E-state index contributed by atoms with van der Waals surface area (Å²) in [7, 11) is 1.62. The van der Waals surface area contributed by atoms with Gasteiger partial charge in [0, 0.05) is 11.3 Å². The van der Waals surface area contributed by atoms with Crippen LogP contribution in [0.4, 0.5) is 4.39 Å². The van der Waals surface area contributed by atoms with Crippen molar-refractivity contribution in [3.63, 3.8) is 0 Å². The third-order valence-electron chi connectivity index (χ3n) is 5.22. The Morgan fingerprint density at radius 1 is 1.03 bits per heavy atom. The van der Waals surface area contributed by atoms with Gasteiger partial charge in [-0.15, -0.1) is 10.2 Å². The van der Waals surface area contributed by atoms with Crippen molar-refractivity contribution in [2.24, 2.45) is 5.10 Å². The van der Waals surface area contributed by atoms with Crippen LogP contribution < -0.4 is 10.2 Å². The topological polar surface area (TPSA) is 81.4 Å². The summed E-state index contributed by atoms with van der Waals surface area (Å²) in [6.07, 6.45) is 0. The van der Waals surface area contributed by atoms with Gasteiger partial charge in [-0.2, -0.15) is 5.10 Å². The Kier molecular flexibility index (Phi) is 7.57. The lowest BCUT2D eigenvalue weighted by atomic mass is 10.1. The van der Waals surface area contributed by atoms with Gasteiger partial charge in [0.15, 0.2) is 11.0 Å². The smallest absolute Gasteiger partial charge is 0.250 e. The third-order valence-corrected chi connectivity index (χ3v) is 6.15. The zero-order chi connectivity index (χ0) is 24.8. The normalized spacial score (nSPS) is 11.4. The maximum atomic E-state index is 13.1. The first-order chi connectivity index (χ1) is 16.9. The summed E-state index contributed by atoms with van der Waals surface area (Å²) in [5.41, 5.74) is 6.75. The van der Waals surface area contributed by atoms with E-state index in [1.54, 1.807) is 26.2 Å². The monoisotopic (exact) mass is 489 g/mol. The summed E-state index contributed by atoms with van der Waals surface area (Å²) in [6.45, 7) is 3.77. The van der Waals surface area contributed by atoms with Crippen molar-refractivity contribution in [1.29, 1.82) is 0 Å². The number of ether oxygens (including phenoxy) is 1. The second-order valence-electron chi connectivity index (χ2n) is 7.73. The Bertz CT molecular complexity index is 1330. The molecule has 178 valence electrons. The van der Waals surface area contributed by atoms with Gasteiger partial charge in [0.25, 0.3) is 5.91 Å². The molecule has 0 aliphatic rings. The van der Waals surface area contributed by atoms with E-state index >= 15 is 0 Å². The van der Waals surface area contributed by atoms with Crippen LogP contribution in [0.15, 0.2) is 83.1 Å². The SMILES string of the molecule is COc1ccc(-n2c(SCC(=O)N/N=C(/C)c3ccc(F)cc3)nnc2-c2ccc(C)cc2)cc1. The Labute approximate surface area is 207 Å². The standard InChI is InChI=1S/C26H24FN5O2S/c1-17-4-6-20(7-5-17)25-30-31-26(32(25)22-12-14-23(34-3)15-13-22)35-16-24(33)29-28-18(2)19-8-10-21(27)11-9-19/h4-15H,16H2,1-3H3,(H,29,33)/b28-18-. The third kappa shape index (κ3) is 5.93. The molecule has 4 rings (SSSR count). The number of hydrazone groups is 1. The number of carbonyl (C=O) groups is 1. The lowest BCUT2D eigenvalue weighted by molar-refractivity contribution is -0.118. The van der Waals surface area contributed by atoms with Crippen molar-refractivity contribution in [3.8, 4) is 22.8 Å². The van der Waals surface area contributed by atoms with E-state index in [4.69, 9.17) is 4.74 Å². The van der Waals surface area contributed by atoms with E-state index in [0.717, 1.165) is 28.1 Å². The number of aryl methyl sites for hydroxylation is 1. The molecule has 0 radical (unpaired) electrons. The molecule has 3 aromatic carbocycles. The number of hydrogen-bond acceptors (Lipinski definition) is 6. The first-order valence-corrected chi connectivity index (χ1v) is 11.8. The molecule has 1 amide bonds. The number of benzene rings is 3. The van der Waals surface area contributed by atoms with Crippen LogP contribution in [0.25, 0.3) is 17.1 Å². The molecule has 35 heavy (non-hydrogen) atoms. The maximum absolute atomic E-state index is 13.1. The second-order valence-corrected chi connectivity index (χ2v) is 8.68. The van der Waals surface area contributed by atoms with Gasteiger partial charge < -0.3 is 4.74 Å². The number of aromatic nitrogens is 3. The van der Waals surface area contributed by atoms with E-state index < -0.39 is 0 Å². The van der Waals surface area contributed by atoms with E-state index in [-0.39, 0.29) is 17.5 Å². The first kappa shape index (κ1) is 24.2. The highest BCUT2D eigenvalue weighted by Gasteiger charge is 2.17. The van der Waals surface area contributed by atoms with Crippen LogP contribution in [0, 0.1) is 12.7 Å². The molecule has 7 nitrogen and oxygen atoms in total. The minimum atomic E-state index is -0.326. The van der Waals surface area contributed by atoms with Crippen LogP contribution in [0.2, 0.25) is 0 Å². The molecule has 1 heterocycles. The van der Waals surface area contributed by atoms with Gasteiger partial charge in [-0.05, 0) is 55.8 Å². The predicted molar refractivity (Wildman–Crippen MR) is 136 cm³/mol. The highest BCUT2D eigenvalue weighted by molar-refractivity contribution is 7.99. The fourth-order valence-electron chi connectivity index (χ4n) is 3.28. The van der Waals surface area contributed by atoms with Gasteiger partial charge in [-0.25, -0.2) is 9.82 Å². The second kappa shape index (κ2) is 11.0. The number of hydrogen-bond donors (Lipinski definition) is 1. The summed E-state index contributed by atoms with van der Waals surface area (Å²) in [5.74, 6) is 0.873. The van der Waals surface area contributed by atoms with Gasteiger partial charge in [-0.3, -0.25) is 9.36 Å². The molecular weight excluding hydrogens is 465 g/mol. The largest absolute Gasteiger partial charge is 0.497 e. The number of thioether (sulfide) groups is 1. The Hall–Kier alpha value is -3.98. The van der Waals surface area contributed by atoms with Crippen molar-refractivity contribution >= 4 is 23.4 Å². The van der Waals surface area contributed by atoms with Crippen molar-refractivity contribution < 1.29 is 13.9 Å². The number of halogens is 1. The van der Waals surface area contributed by atoms with Crippen molar-refractivity contribution in [1.82, 2.24) is 20.2 Å². The molecular formula is C26H24FN5O2S. The summed E-state index contributed by atoms with van der Waals surface area (Å²) >= 11 is 1.26. The Morgan fingerprint density at radius 3 is 2.37 bits per heavy atom. The minimum Gasteiger partial charge on any atom is -0.497 e. The van der Waals surface area contributed by atoms with Crippen LogP contribution in [0.3, 0.4) is 0 Å². The van der Waals surface area contributed by atoms with E-state index in [9.17, 15) is 9.18 Å². The van der Waals surface area contributed by atoms with E-state index in [1.165, 1.54) is 23.9 Å². The summed E-state index contributed by atoms with van der Waals surface area (Å²) in [5, 5.41) is 13.4. The summed E-state index contributed by atoms with van der Waals surface area (Å²) in [4.78, 5) is 12.5. The number of rotatable bonds is 8. The molecule has 0 saturated heterocycles. The highest BCUT2D eigenvalue weighted by atomic mass is 32.2. The lowest BCUT2D eigenvalue weighted by Crippen LogP contribution is -2.21. The molecule has 4 aromatic rings. The van der Waals surface area contributed by atoms with E-state index in [1.807, 2.05) is 60.0 Å². The quantitative estimate of drug-likeness (QED) is 0.213. The number of nitrogens with one attached hydrogen (secondary N) is 1. The van der Waals surface area contributed by atoms with Gasteiger partial charge in [0.2, 0.25) is 0 Å². The molecule has 0 bridgehead atoms. The van der Waals surface area contributed by atoms with Crippen LogP contribution >= 0.6 is 11.8 Å². The molecule has 1 aromatic heterocycles. The van der Waals surface area contributed by atoms with Crippen molar-refractivity contribution in [2.75, 3.05) is 12.9 Å². The number of amides is 1. The molecule has 0 unspecified atom stereocenters. The zero-order valence-electron chi connectivity index (χ0n) is 19.5. The average Bonchev–Trinajstić information content (AvgIpc) is 3.31. The molecule has 0 atom stereocenters. The number of carbonyl (C=O) groups excluding carboxylic acids is 1. The zero-order valence-corrected chi connectivity index (χ0v) is 20.3. The van der Waals surface area contributed by atoms with Crippen molar-refractivity contribution in [2.45, 2.75) is 19.0 Å². The van der Waals surface area contributed by atoms with Crippen LogP contribution in [0.5, 0.6) is 5.75 Å². The first-order valence-electron chi connectivity index (χ1n) is 10.8. The molecule has 1 N–H and O–H groups in total. The van der Waals surface area contributed by atoms with Crippen LogP contribution in [-0.2, 0) is 4.79 Å². The minimum absolute atomic E-state index is 0.0857. The van der Waals surface area contributed by atoms with Gasteiger partial charge in [0.05, 0.1) is 18.6 Å². The van der Waals surface area contributed by atoms with Gasteiger partial charge in [0.1, 0.15) is 11.6 Å². The van der Waals surface area contributed by atoms with E-state index in [0.29, 0.717) is 16.7 Å². The number of nitrogens with zero attached hydrogens (tertiary/aromatic N) is 4. The van der Waals surface area contributed by atoms with Gasteiger partial charge >= 0.3 is 0 Å². The fourth-order valence-corrected chi connectivity index (χ4v) is 4.03. The van der Waals surface area contributed by atoms with Crippen LogP contribution in [0.1, 0.15) is 18.1 Å². The molecule has 0 spiro atoms. The summed E-state index contributed by atoms with van der Waals surface area (Å²) < 4.78 is 20.3.